The van der Waals surface area contributed by atoms with Crippen LogP contribution in [0, 0.1) is 5.82 Å². The minimum Gasteiger partial charge on any atom is -0.369 e. The summed E-state index contributed by atoms with van der Waals surface area (Å²) in [6, 6.07) is 4.29. The van der Waals surface area contributed by atoms with Crippen LogP contribution in [0.15, 0.2) is 30.6 Å². The molecule has 0 bridgehead atoms. The average molecular weight is 226 g/mol. The number of rotatable bonds is 2. The van der Waals surface area contributed by atoms with Crippen molar-refractivity contribution in [3.8, 4) is 0 Å². The van der Waals surface area contributed by atoms with E-state index in [2.05, 4.69) is 4.98 Å². The van der Waals surface area contributed by atoms with E-state index in [0.29, 0.717) is 17.5 Å². The first-order chi connectivity index (χ1) is 7.16. The number of nitrogen functional groups attached to an aromatic ring is 1. The highest BCUT2D eigenvalue weighted by molar-refractivity contribution is 6.31. The second-order valence-electron chi connectivity index (χ2n) is 3.15. The first-order valence-electron chi connectivity index (χ1n) is 4.37. The highest BCUT2D eigenvalue weighted by Gasteiger charge is 2.04. The standard InChI is InChI=1S/C10H9ClFN3/c11-9-5-8(12)2-1-7(9)6-15-4-3-14-10(15)13/h1-5H,6H2,(H2,13,14). The Labute approximate surface area is 91.3 Å². The third-order valence-electron chi connectivity index (χ3n) is 2.10. The molecule has 0 unspecified atom stereocenters. The van der Waals surface area contributed by atoms with Crippen LogP contribution in [-0.4, -0.2) is 9.55 Å². The number of nitrogens with two attached hydrogens (primary N) is 1. The Bertz CT molecular complexity index is 481. The highest BCUT2D eigenvalue weighted by Crippen LogP contribution is 2.19. The van der Waals surface area contributed by atoms with Crippen molar-refractivity contribution in [2.75, 3.05) is 5.73 Å². The summed E-state index contributed by atoms with van der Waals surface area (Å²) in [7, 11) is 0. The maximum absolute atomic E-state index is 12.8. The molecule has 2 rings (SSSR count). The van der Waals surface area contributed by atoms with Crippen LogP contribution in [0.3, 0.4) is 0 Å². The molecule has 15 heavy (non-hydrogen) atoms. The molecule has 0 saturated carbocycles. The highest BCUT2D eigenvalue weighted by atomic mass is 35.5. The van der Waals surface area contributed by atoms with Crippen LogP contribution in [0.4, 0.5) is 10.3 Å². The minimum atomic E-state index is -0.345. The Balaban J connectivity index is 2.29. The predicted octanol–water partition coefficient (Wildman–Crippen LogP) is 2.31. The zero-order valence-electron chi connectivity index (χ0n) is 7.82. The first-order valence-corrected chi connectivity index (χ1v) is 4.75. The Morgan fingerprint density at radius 1 is 1.47 bits per heavy atom. The molecule has 0 atom stereocenters. The van der Waals surface area contributed by atoms with E-state index in [4.69, 9.17) is 17.3 Å². The molecule has 78 valence electrons. The Kier molecular flexibility index (Phi) is 2.60. The molecule has 1 aromatic carbocycles. The normalized spacial score (nSPS) is 10.5. The van der Waals surface area contributed by atoms with Gasteiger partial charge in [0, 0.05) is 17.4 Å². The van der Waals surface area contributed by atoms with Gasteiger partial charge in [-0.3, -0.25) is 0 Å². The third-order valence-corrected chi connectivity index (χ3v) is 2.46. The summed E-state index contributed by atoms with van der Waals surface area (Å²) in [6.07, 6.45) is 3.35. The summed E-state index contributed by atoms with van der Waals surface area (Å²) in [5, 5.41) is 0.392. The number of halogens is 2. The Morgan fingerprint density at radius 2 is 2.27 bits per heavy atom. The minimum absolute atomic E-state index is 0.345. The van der Waals surface area contributed by atoms with Gasteiger partial charge >= 0.3 is 0 Å². The summed E-state index contributed by atoms with van der Waals surface area (Å²) < 4.78 is 14.5. The molecular weight excluding hydrogens is 217 g/mol. The van der Waals surface area contributed by atoms with Crippen LogP contribution in [0.25, 0.3) is 0 Å². The number of benzene rings is 1. The molecule has 0 aliphatic heterocycles. The van der Waals surface area contributed by atoms with Crippen LogP contribution in [0.5, 0.6) is 0 Å². The first kappa shape index (κ1) is 9.98. The number of hydrogen-bond donors (Lipinski definition) is 1. The molecule has 0 aliphatic carbocycles. The second-order valence-corrected chi connectivity index (χ2v) is 3.56. The van der Waals surface area contributed by atoms with Crippen LogP contribution in [0.1, 0.15) is 5.56 Å². The SMILES string of the molecule is Nc1nccn1Cc1ccc(F)cc1Cl. The van der Waals surface area contributed by atoms with Crippen LogP contribution in [0.2, 0.25) is 5.02 Å². The lowest BCUT2D eigenvalue weighted by molar-refractivity contribution is 0.626. The fourth-order valence-corrected chi connectivity index (χ4v) is 1.53. The van der Waals surface area contributed by atoms with E-state index in [0.717, 1.165) is 5.56 Å². The van der Waals surface area contributed by atoms with Gasteiger partial charge in [0.05, 0.1) is 6.54 Å². The molecule has 3 nitrogen and oxygen atoms in total. The zero-order valence-corrected chi connectivity index (χ0v) is 8.58. The van der Waals surface area contributed by atoms with Gasteiger partial charge in [0.2, 0.25) is 0 Å². The van der Waals surface area contributed by atoms with Crippen molar-refractivity contribution in [3.63, 3.8) is 0 Å². The van der Waals surface area contributed by atoms with Gasteiger partial charge in [-0.1, -0.05) is 17.7 Å². The lowest BCUT2D eigenvalue weighted by Crippen LogP contribution is -2.04. The van der Waals surface area contributed by atoms with E-state index in [1.807, 2.05) is 0 Å². The molecule has 0 fully saturated rings. The van der Waals surface area contributed by atoms with E-state index in [9.17, 15) is 4.39 Å². The molecule has 5 heteroatoms. The molecule has 0 aliphatic rings. The maximum atomic E-state index is 12.8. The van der Waals surface area contributed by atoms with Crippen molar-refractivity contribution < 1.29 is 4.39 Å². The van der Waals surface area contributed by atoms with Crippen LogP contribution < -0.4 is 5.73 Å². The summed E-state index contributed by atoms with van der Waals surface area (Å²) in [4.78, 5) is 3.88. The van der Waals surface area contributed by atoms with Gasteiger partial charge in [-0.05, 0) is 17.7 Å². The molecule has 0 amide bonds. The zero-order chi connectivity index (χ0) is 10.8. The van der Waals surface area contributed by atoms with E-state index in [1.54, 1.807) is 23.0 Å². The van der Waals surface area contributed by atoms with Gasteiger partial charge < -0.3 is 10.3 Å². The van der Waals surface area contributed by atoms with Crippen molar-refractivity contribution in [1.82, 2.24) is 9.55 Å². The van der Waals surface area contributed by atoms with Gasteiger partial charge in [0.15, 0.2) is 5.95 Å². The number of imidazole rings is 1. The predicted molar refractivity (Wildman–Crippen MR) is 57.2 cm³/mol. The molecule has 1 aromatic heterocycles. The van der Waals surface area contributed by atoms with E-state index >= 15 is 0 Å². The summed E-state index contributed by atoms with van der Waals surface area (Å²) in [5.74, 6) is 0.0674. The van der Waals surface area contributed by atoms with Gasteiger partial charge in [-0.2, -0.15) is 0 Å². The lowest BCUT2D eigenvalue weighted by atomic mass is 10.2. The quantitative estimate of drug-likeness (QED) is 0.853. The fourth-order valence-electron chi connectivity index (χ4n) is 1.31. The number of anilines is 1. The van der Waals surface area contributed by atoms with Crippen molar-refractivity contribution in [1.29, 1.82) is 0 Å². The smallest absolute Gasteiger partial charge is 0.200 e. The van der Waals surface area contributed by atoms with Gasteiger partial charge in [-0.25, -0.2) is 9.37 Å². The molecule has 2 aromatic rings. The van der Waals surface area contributed by atoms with E-state index in [1.165, 1.54) is 12.1 Å². The number of aromatic nitrogens is 2. The van der Waals surface area contributed by atoms with Crippen molar-refractivity contribution in [3.05, 3.63) is 47.0 Å². The second kappa shape index (κ2) is 3.90. The Hall–Kier alpha value is -1.55. The Morgan fingerprint density at radius 3 is 2.87 bits per heavy atom. The monoisotopic (exact) mass is 225 g/mol. The summed E-state index contributed by atoms with van der Waals surface area (Å²) in [6.45, 7) is 0.491. The van der Waals surface area contributed by atoms with Crippen LogP contribution >= 0.6 is 11.6 Å². The number of nitrogens with zero attached hydrogens (tertiary/aromatic N) is 2. The third kappa shape index (κ3) is 2.10. The molecule has 0 spiro atoms. The summed E-state index contributed by atoms with van der Waals surface area (Å²) >= 11 is 5.88. The van der Waals surface area contributed by atoms with Crippen LogP contribution in [-0.2, 0) is 6.54 Å². The molecule has 2 N–H and O–H groups in total. The van der Waals surface area contributed by atoms with Crippen molar-refractivity contribution in [2.45, 2.75) is 6.54 Å². The molecule has 0 radical (unpaired) electrons. The van der Waals surface area contributed by atoms with Crippen molar-refractivity contribution >= 4 is 17.5 Å². The topological polar surface area (TPSA) is 43.8 Å². The van der Waals surface area contributed by atoms with E-state index in [-0.39, 0.29) is 5.82 Å². The molecule has 0 saturated heterocycles. The van der Waals surface area contributed by atoms with Gasteiger partial charge in [-0.15, -0.1) is 0 Å². The van der Waals surface area contributed by atoms with Crippen molar-refractivity contribution in [2.24, 2.45) is 0 Å². The van der Waals surface area contributed by atoms with Gasteiger partial charge in [0.25, 0.3) is 0 Å². The largest absolute Gasteiger partial charge is 0.369 e. The molecular formula is C10H9ClFN3. The average Bonchev–Trinajstić information content (AvgIpc) is 2.57. The summed E-state index contributed by atoms with van der Waals surface area (Å²) in [5.41, 5.74) is 6.41. The maximum Gasteiger partial charge on any atom is 0.200 e. The lowest BCUT2D eigenvalue weighted by Gasteiger charge is -2.06. The van der Waals surface area contributed by atoms with E-state index < -0.39 is 0 Å². The number of hydrogen-bond acceptors (Lipinski definition) is 2. The van der Waals surface area contributed by atoms with Gasteiger partial charge in [0.1, 0.15) is 5.82 Å². The molecule has 1 heterocycles. The fraction of sp³-hybridized carbons (Fsp3) is 0.100.